The van der Waals surface area contributed by atoms with Crippen LogP contribution in [0.15, 0.2) is 29.6 Å². The molecule has 0 unspecified atom stereocenters. The summed E-state index contributed by atoms with van der Waals surface area (Å²) in [4.78, 5) is 10.6. The SMILES string of the molecule is CCn1cc(S(=O)(=O)Nc2ccc(N3CCCCC3)cn2)nc1C. The van der Waals surface area contributed by atoms with Crippen LogP contribution in [-0.2, 0) is 16.6 Å². The molecule has 1 fully saturated rings. The van der Waals surface area contributed by atoms with Gasteiger partial charge in [0.05, 0.1) is 11.9 Å². The topological polar surface area (TPSA) is 80.1 Å². The number of aromatic nitrogens is 3. The second-order valence-corrected chi connectivity index (χ2v) is 7.60. The van der Waals surface area contributed by atoms with E-state index in [1.807, 2.05) is 13.0 Å². The average molecular weight is 349 g/mol. The lowest BCUT2D eigenvalue weighted by Gasteiger charge is -2.28. The summed E-state index contributed by atoms with van der Waals surface area (Å²) in [5.41, 5.74) is 1.03. The van der Waals surface area contributed by atoms with Gasteiger partial charge in [-0.3, -0.25) is 4.72 Å². The number of hydrogen-bond donors (Lipinski definition) is 1. The molecule has 7 nitrogen and oxygen atoms in total. The van der Waals surface area contributed by atoms with Crippen LogP contribution in [0.25, 0.3) is 0 Å². The van der Waals surface area contributed by atoms with E-state index in [4.69, 9.17) is 0 Å². The van der Waals surface area contributed by atoms with E-state index in [1.54, 1.807) is 30.0 Å². The van der Waals surface area contributed by atoms with Crippen molar-refractivity contribution in [1.29, 1.82) is 0 Å². The maximum atomic E-state index is 12.4. The monoisotopic (exact) mass is 349 g/mol. The van der Waals surface area contributed by atoms with E-state index in [0.29, 0.717) is 18.2 Å². The first-order valence-corrected chi connectivity index (χ1v) is 9.75. The van der Waals surface area contributed by atoms with E-state index in [-0.39, 0.29) is 5.03 Å². The fraction of sp³-hybridized carbons (Fsp3) is 0.500. The molecule has 2 aromatic heterocycles. The van der Waals surface area contributed by atoms with Crippen LogP contribution in [0.5, 0.6) is 0 Å². The first-order valence-electron chi connectivity index (χ1n) is 8.27. The highest BCUT2D eigenvalue weighted by Gasteiger charge is 2.20. The summed E-state index contributed by atoms with van der Waals surface area (Å²) in [7, 11) is -3.72. The second-order valence-electron chi connectivity index (χ2n) is 5.97. The van der Waals surface area contributed by atoms with Crippen LogP contribution in [0.2, 0.25) is 0 Å². The van der Waals surface area contributed by atoms with E-state index in [9.17, 15) is 8.42 Å². The minimum atomic E-state index is -3.72. The van der Waals surface area contributed by atoms with Crippen LogP contribution in [0.4, 0.5) is 11.5 Å². The van der Waals surface area contributed by atoms with Gasteiger partial charge in [-0.1, -0.05) is 0 Å². The molecule has 0 aromatic carbocycles. The molecule has 3 rings (SSSR count). The Hall–Kier alpha value is -2.09. The molecule has 2 aromatic rings. The average Bonchev–Trinajstić information content (AvgIpc) is 2.98. The van der Waals surface area contributed by atoms with Gasteiger partial charge in [-0.05, 0) is 45.2 Å². The van der Waals surface area contributed by atoms with Crippen LogP contribution in [0.3, 0.4) is 0 Å². The minimum Gasteiger partial charge on any atom is -0.370 e. The number of hydrogen-bond acceptors (Lipinski definition) is 5. The smallest absolute Gasteiger partial charge is 0.282 e. The van der Waals surface area contributed by atoms with E-state index >= 15 is 0 Å². The Morgan fingerprint density at radius 1 is 1.21 bits per heavy atom. The molecule has 0 saturated carbocycles. The van der Waals surface area contributed by atoms with Crippen molar-refractivity contribution in [2.45, 2.75) is 44.7 Å². The van der Waals surface area contributed by atoms with E-state index in [1.165, 1.54) is 19.3 Å². The normalized spacial score (nSPS) is 15.5. The van der Waals surface area contributed by atoms with Crippen LogP contribution >= 0.6 is 0 Å². The van der Waals surface area contributed by atoms with Gasteiger partial charge < -0.3 is 9.47 Å². The van der Waals surface area contributed by atoms with Crippen LogP contribution < -0.4 is 9.62 Å². The van der Waals surface area contributed by atoms with E-state index in [0.717, 1.165) is 18.8 Å². The predicted molar refractivity (Wildman–Crippen MR) is 93.7 cm³/mol. The number of anilines is 2. The van der Waals surface area contributed by atoms with Crippen molar-refractivity contribution in [2.75, 3.05) is 22.7 Å². The Balaban J connectivity index is 1.74. The lowest BCUT2D eigenvalue weighted by atomic mass is 10.1. The molecule has 0 atom stereocenters. The molecule has 1 N–H and O–H groups in total. The lowest BCUT2D eigenvalue weighted by molar-refractivity contribution is 0.577. The molecular weight excluding hydrogens is 326 g/mol. The molecule has 0 spiro atoms. The van der Waals surface area contributed by atoms with Gasteiger partial charge in [0, 0.05) is 25.8 Å². The van der Waals surface area contributed by atoms with Crippen LogP contribution in [0, 0.1) is 6.92 Å². The van der Waals surface area contributed by atoms with Crippen molar-refractivity contribution in [3.63, 3.8) is 0 Å². The molecule has 3 heterocycles. The zero-order valence-corrected chi connectivity index (χ0v) is 14.9. The summed E-state index contributed by atoms with van der Waals surface area (Å²) in [6.45, 7) is 6.46. The molecular formula is C16H23N5O2S. The molecule has 8 heteroatoms. The fourth-order valence-electron chi connectivity index (χ4n) is 2.90. The third-order valence-electron chi connectivity index (χ3n) is 4.28. The minimum absolute atomic E-state index is 0.0174. The maximum absolute atomic E-state index is 12.4. The largest absolute Gasteiger partial charge is 0.370 e. The molecule has 24 heavy (non-hydrogen) atoms. The molecule has 0 radical (unpaired) electrons. The Morgan fingerprint density at radius 3 is 2.54 bits per heavy atom. The predicted octanol–water partition coefficient (Wildman–Crippen LogP) is 2.40. The Labute approximate surface area is 142 Å². The molecule has 1 aliphatic heterocycles. The summed E-state index contributed by atoms with van der Waals surface area (Å²) in [6.07, 6.45) is 6.91. The highest BCUT2D eigenvalue weighted by molar-refractivity contribution is 7.92. The Bertz CT molecular complexity index is 792. The fourth-order valence-corrected chi connectivity index (χ4v) is 3.92. The molecule has 0 bridgehead atoms. The van der Waals surface area contributed by atoms with Gasteiger partial charge >= 0.3 is 0 Å². The molecule has 0 aliphatic carbocycles. The van der Waals surface area contributed by atoms with Crippen molar-refractivity contribution < 1.29 is 8.42 Å². The van der Waals surface area contributed by atoms with Crippen molar-refractivity contribution in [3.8, 4) is 0 Å². The highest BCUT2D eigenvalue weighted by Crippen LogP contribution is 2.21. The van der Waals surface area contributed by atoms with E-state index in [2.05, 4.69) is 19.6 Å². The number of piperidine rings is 1. The summed E-state index contributed by atoms with van der Waals surface area (Å²) in [5.74, 6) is 0.978. The van der Waals surface area contributed by atoms with Crippen molar-refractivity contribution in [3.05, 3.63) is 30.4 Å². The number of aryl methyl sites for hydroxylation is 2. The van der Waals surface area contributed by atoms with Gasteiger partial charge in [-0.15, -0.1) is 0 Å². The molecule has 1 saturated heterocycles. The summed E-state index contributed by atoms with van der Waals surface area (Å²) in [6, 6.07) is 3.61. The molecule has 0 amide bonds. The van der Waals surface area contributed by atoms with Gasteiger partial charge in [-0.25, -0.2) is 9.97 Å². The number of pyridine rings is 1. The second kappa shape index (κ2) is 6.80. The lowest BCUT2D eigenvalue weighted by Crippen LogP contribution is -2.29. The van der Waals surface area contributed by atoms with Crippen molar-refractivity contribution in [2.24, 2.45) is 0 Å². The zero-order valence-electron chi connectivity index (χ0n) is 14.1. The number of rotatable bonds is 5. The first-order chi connectivity index (χ1) is 11.5. The van der Waals surface area contributed by atoms with Crippen LogP contribution in [-0.4, -0.2) is 36.0 Å². The zero-order chi connectivity index (χ0) is 17.2. The van der Waals surface area contributed by atoms with Gasteiger partial charge in [0.15, 0.2) is 5.03 Å². The van der Waals surface area contributed by atoms with E-state index < -0.39 is 10.0 Å². The third-order valence-corrected chi connectivity index (χ3v) is 5.50. The Kier molecular flexibility index (Phi) is 4.75. The molecule has 1 aliphatic rings. The number of imidazole rings is 1. The van der Waals surface area contributed by atoms with Gasteiger partial charge in [0.1, 0.15) is 11.6 Å². The maximum Gasteiger partial charge on any atom is 0.282 e. The highest BCUT2D eigenvalue weighted by atomic mass is 32.2. The van der Waals surface area contributed by atoms with Gasteiger partial charge in [0.25, 0.3) is 10.0 Å². The van der Waals surface area contributed by atoms with Gasteiger partial charge in [-0.2, -0.15) is 8.42 Å². The number of nitrogens with zero attached hydrogens (tertiary/aromatic N) is 4. The van der Waals surface area contributed by atoms with Gasteiger partial charge in [0.2, 0.25) is 0 Å². The third kappa shape index (κ3) is 3.53. The number of sulfonamides is 1. The summed E-state index contributed by atoms with van der Waals surface area (Å²) < 4.78 is 29.2. The molecule has 130 valence electrons. The standard InChI is InChI=1S/C16H23N5O2S/c1-3-20-12-16(18-13(20)2)24(22,23)19-15-8-7-14(11-17-15)21-9-5-4-6-10-21/h7-8,11-12H,3-6,9-10H2,1-2H3,(H,17,19). The quantitative estimate of drug-likeness (QED) is 0.896. The van der Waals surface area contributed by atoms with Crippen molar-refractivity contribution in [1.82, 2.24) is 14.5 Å². The summed E-state index contributed by atoms with van der Waals surface area (Å²) >= 11 is 0. The first kappa shape index (κ1) is 16.8. The van der Waals surface area contributed by atoms with Crippen molar-refractivity contribution >= 4 is 21.5 Å². The Morgan fingerprint density at radius 2 is 1.96 bits per heavy atom. The van der Waals surface area contributed by atoms with Crippen LogP contribution in [0.1, 0.15) is 32.0 Å². The summed E-state index contributed by atoms with van der Waals surface area (Å²) in [5, 5.41) is 0.0174. The number of nitrogens with one attached hydrogen (secondary N) is 1.